The fraction of sp³-hybridized carbons (Fsp3) is 0.800. The highest BCUT2D eigenvalue weighted by Gasteiger charge is 2.29. The molecule has 1 fully saturated rings. The number of aryl methyl sites for hydroxylation is 2. The first-order valence-corrected chi connectivity index (χ1v) is 10.6. The van der Waals surface area contributed by atoms with Gasteiger partial charge in [-0.1, -0.05) is 6.42 Å². The Morgan fingerprint density at radius 3 is 2.86 bits per heavy atom. The minimum Gasteiger partial charge on any atom is -0.357 e. The van der Waals surface area contributed by atoms with Crippen LogP contribution >= 0.6 is 0 Å². The molecule has 0 bridgehead atoms. The van der Waals surface area contributed by atoms with Crippen molar-refractivity contribution in [2.75, 3.05) is 27.2 Å². The number of guanidine groups is 1. The molecule has 8 heteroatoms. The second-order valence-corrected chi connectivity index (χ2v) is 8.34. The summed E-state index contributed by atoms with van der Waals surface area (Å²) in [5, 5.41) is 15.4. The quantitative estimate of drug-likeness (QED) is 0.586. The van der Waals surface area contributed by atoms with Crippen molar-refractivity contribution < 1.29 is 4.79 Å². The molecule has 1 amide bonds. The van der Waals surface area contributed by atoms with Crippen molar-refractivity contribution >= 4 is 11.9 Å². The highest BCUT2D eigenvalue weighted by atomic mass is 16.2. The van der Waals surface area contributed by atoms with Crippen LogP contribution in [0.4, 0.5) is 0 Å². The zero-order valence-corrected chi connectivity index (χ0v) is 17.7. The maximum absolute atomic E-state index is 12.3. The zero-order chi connectivity index (χ0) is 20.1. The Bertz CT molecular complexity index is 697. The molecular formula is C20H35N7O. The van der Waals surface area contributed by atoms with Gasteiger partial charge in [-0.2, -0.15) is 0 Å². The molecule has 0 saturated heterocycles. The molecule has 1 aliphatic carbocycles. The second-order valence-electron chi connectivity index (χ2n) is 8.34. The van der Waals surface area contributed by atoms with Crippen LogP contribution in [0.25, 0.3) is 0 Å². The van der Waals surface area contributed by atoms with Gasteiger partial charge in [0.1, 0.15) is 11.6 Å². The van der Waals surface area contributed by atoms with Crippen LogP contribution in [0.2, 0.25) is 0 Å². The number of carbonyl (C=O) groups is 1. The van der Waals surface area contributed by atoms with Gasteiger partial charge >= 0.3 is 0 Å². The van der Waals surface area contributed by atoms with Crippen molar-refractivity contribution in [3.8, 4) is 0 Å². The molecule has 156 valence electrons. The molecule has 1 aromatic rings. The van der Waals surface area contributed by atoms with Crippen LogP contribution in [-0.4, -0.2) is 64.8 Å². The third-order valence-electron chi connectivity index (χ3n) is 5.89. The number of rotatable bonds is 5. The summed E-state index contributed by atoms with van der Waals surface area (Å²) in [7, 11) is 3.69. The van der Waals surface area contributed by atoms with E-state index in [0.29, 0.717) is 12.0 Å². The van der Waals surface area contributed by atoms with Gasteiger partial charge in [-0.15, -0.1) is 10.2 Å². The topological polar surface area (TPSA) is 87.4 Å². The molecule has 2 heterocycles. The summed E-state index contributed by atoms with van der Waals surface area (Å²) in [5.74, 6) is 3.84. The lowest BCUT2D eigenvalue weighted by Crippen LogP contribution is -2.47. The van der Waals surface area contributed by atoms with Gasteiger partial charge in [-0.3, -0.25) is 9.79 Å². The van der Waals surface area contributed by atoms with Gasteiger partial charge in [0.25, 0.3) is 0 Å². The van der Waals surface area contributed by atoms with Crippen molar-refractivity contribution in [3.05, 3.63) is 11.6 Å². The molecule has 28 heavy (non-hydrogen) atoms. The van der Waals surface area contributed by atoms with Crippen LogP contribution in [0, 0.1) is 18.8 Å². The van der Waals surface area contributed by atoms with E-state index in [-0.39, 0.29) is 11.8 Å². The smallest absolute Gasteiger partial charge is 0.225 e. The molecule has 1 saturated carbocycles. The summed E-state index contributed by atoms with van der Waals surface area (Å²) in [6, 6.07) is 0.304. The molecular weight excluding hydrogens is 354 g/mol. The Hall–Kier alpha value is -2.12. The Morgan fingerprint density at radius 1 is 1.29 bits per heavy atom. The van der Waals surface area contributed by atoms with Crippen LogP contribution in [0.3, 0.4) is 0 Å². The molecule has 0 spiro atoms. The lowest BCUT2D eigenvalue weighted by molar-refractivity contribution is -0.134. The number of aromatic nitrogens is 3. The van der Waals surface area contributed by atoms with E-state index in [1.54, 1.807) is 4.90 Å². The lowest BCUT2D eigenvalue weighted by Gasteiger charge is -2.31. The van der Waals surface area contributed by atoms with Gasteiger partial charge in [0.05, 0.1) is 0 Å². The predicted molar refractivity (Wildman–Crippen MR) is 110 cm³/mol. The lowest BCUT2D eigenvalue weighted by atomic mass is 9.85. The first-order chi connectivity index (χ1) is 13.5. The normalized spacial score (nSPS) is 25.1. The summed E-state index contributed by atoms with van der Waals surface area (Å²) in [6.07, 6.45) is 6.12. The maximum Gasteiger partial charge on any atom is 0.225 e. The summed E-state index contributed by atoms with van der Waals surface area (Å²) in [4.78, 5) is 18.9. The molecule has 0 aromatic carbocycles. The van der Waals surface area contributed by atoms with E-state index in [2.05, 4.69) is 32.3 Å². The van der Waals surface area contributed by atoms with Crippen molar-refractivity contribution in [2.24, 2.45) is 16.8 Å². The standard InChI is InChI=1S/C20H35N7O/c1-5-21-20(23-17-8-6-7-16(11-17)19(28)26(3)4)22-12-15-9-10-18-25-24-14(2)27(18)13-15/h15-17H,5-13H2,1-4H3,(H2,21,22,23). The summed E-state index contributed by atoms with van der Waals surface area (Å²) < 4.78 is 2.22. The maximum atomic E-state index is 12.3. The highest BCUT2D eigenvalue weighted by Crippen LogP contribution is 2.25. The van der Waals surface area contributed by atoms with Crippen LogP contribution in [0.5, 0.6) is 0 Å². The van der Waals surface area contributed by atoms with Crippen LogP contribution in [0.15, 0.2) is 4.99 Å². The molecule has 2 N–H and O–H groups in total. The number of fused-ring (bicyclic) bond motifs is 1. The largest absolute Gasteiger partial charge is 0.357 e. The van der Waals surface area contributed by atoms with Crippen molar-refractivity contribution in [1.29, 1.82) is 0 Å². The molecule has 3 atom stereocenters. The first-order valence-electron chi connectivity index (χ1n) is 10.6. The van der Waals surface area contributed by atoms with Gasteiger partial charge < -0.3 is 20.1 Å². The number of amides is 1. The molecule has 3 rings (SSSR count). The van der Waals surface area contributed by atoms with Crippen molar-refractivity contribution in [3.63, 3.8) is 0 Å². The van der Waals surface area contributed by atoms with Crippen LogP contribution in [-0.2, 0) is 17.8 Å². The molecule has 2 aliphatic rings. The van der Waals surface area contributed by atoms with Gasteiger partial charge in [0, 0.05) is 52.1 Å². The van der Waals surface area contributed by atoms with Crippen molar-refractivity contribution in [2.45, 2.75) is 65.0 Å². The fourth-order valence-corrected chi connectivity index (χ4v) is 4.32. The Labute approximate surface area is 168 Å². The number of hydrogen-bond donors (Lipinski definition) is 2. The predicted octanol–water partition coefficient (Wildman–Crippen LogP) is 1.35. The number of nitrogens with one attached hydrogen (secondary N) is 2. The Kier molecular flexibility index (Phi) is 6.91. The average molecular weight is 390 g/mol. The second kappa shape index (κ2) is 9.39. The van der Waals surface area contributed by atoms with Gasteiger partial charge in [0.15, 0.2) is 5.96 Å². The van der Waals surface area contributed by atoms with Gasteiger partial charge in [-0.25, -0.2) is 0 Å². The van der Waals surface area contributed by atoms with E-state index in [4.69, 9.17) is 4.99 Å². The fourth-order valence-electron chi connectivity index (χ4n) is 4.32. The minimum absolute atomic E-state index is 0.123. The number of hydrogen-bond acceptors (Lipinski definition) is 4. The minimum atomic E-state index is 0.123. The SMILES string of the molecule is CCNC(=NCC1CCc2nnc(C)n2C1)NC1CCCC(C(=O)N(C)C)C1. The zero-order valence-electron chi connectivity index (χ0n) is 17.7. The van der Waals surface area contributed by atoms with Gasteiger partial charge in [0.2, 0.25) is 5.91 Å². The molecule has 8 nitrogen and oxygen atoms in total. The van der Waals surface area contributed by atoms with E-state index in [9.17, 15) is 4.79 Å². The third-order valence-corrected chi connectivity index (χ3v) is 5.89. The van der Waals surface area contributed by atoms with Crippen LogP contribution < -0.4 is 10.6 Å². The van der Waals surface area contributed by atoms with E-state index in [0.717, 1.165) is 75.8 Å². The molecule has 1 aromatic heterocycles. The highest BCUT2D eigenvalue weighted by molar-refractivity contribution is 5.81. The van der Waals surface area contributed by atoms with Gasteiger partial charge in [-0.05, 0) is 45.4 Å². The Morgan fingerprint density at radius 2 is 2.11 bits per heavy atom. The van der Waals surface area contributed by atoms with Crippen LogP contribution in [0.1, 0.15) is 50.7 Å². The summed E-state index contributed by atoms with van der Waals surface area (Å²) >= 11 is 0. The molecule has 3 unspecified atom stereocenters. The monoisotopic (exact) mass is 389 g/mol. The van der Waals surface area contributed by atoms with E-state index >= 15 is 0 Å². The third kappa shape index (κ3) is 5.02. The Balaban J connectivity index is 1.57. The molecule has 1 aliphatic heterocycles. The summed E-state index contributed by atoms with van der Waals surface area (Å²) in [6.45, 7) is 6.67. The number of nitrogens with zero attached hydrogens (tertiary/aromatic N) is 5. The van der Waals surface area contributed by atoms with E-state index in [1.165, 1.54) is 0 Å². The van der Waals surface area contributed by atoms with E-state index in [1.807, 2.05) is 21.0 Å². The first kappa shape index (κ1) is 20.6. The number of carbonyl (C=O) groups excluding carboxylic acids is 1. The van der Waals surface area contributed by atoms with E-state index < -0.39 is 0 Å². The average Bonchev–Trinajstić information content (AvgIpc) is 3.06. The summed E-state index contributed by atoms with van der Waals surface area (Å²) in [5.41, 5.74) is 0. The number of aliphatic imine (C=N–C) groups is 1. The molecule has 0 radical (unpaired) electrons. The van der Waals surface area contributed by atoms with Crippen molar-refractivity contribution in [1.82, 2.24) is 30.3 Å².